The van der Waals surface area contributed by atoms with E-state index in [2.05, 4.69) is 10.1 Å². The Labute approximate surface area is 144 Å². The summed E-state index contributed by atoms with van der Waals surface area (Å²) in [5.74, 6) is -0.132. The van der Waals surface area contributed by atoms with Crippen LogP contribution in [0.3, 0.4) is 0 Å². The van der Waals surface area contributed by atoms with Gasteiger partial charge in [0.25, 0.3) is 11.6 Å². The van der Waals surface area contributed by atoms with Gasteiger partial charge >= 0.3 is 0 Å². The van der Waals surface area contributed by atoms with Crippen molar-refractivity contribution in [2.75, 3.05) is 6.54 Å². The number of hydrogen-bond donors (Lipinski definition) is 0. The molecule has 0 N–H and O–H groups in total. The van der Waals surface area contributed by atoms with E-state index < -0.39 is 0 Å². The van der Waals surface area contributed by atoms with Crippen LogP contribution in [0.5, 0.6) is 0 Å². The van der Waals surface area contributed by atoms with E-state index in [0.717, 1.165) is 22.2 Å². The van der Waals surface area contributed by atoms with E-state index in [0.29, 0.717) is 30.8 Å². The minimum absolute atomic E-state index is 0.0831. The molecule has 1 aliphatic heterocycles. The van der Waals surface area contributed by atoms with Crippen molar-refractivity contribution in [3.8, 4) is 0 Å². The minimum atomic E-state index is -0.234. The molecule has 25 heavy (non-hydrogen) atoms. The number of nitrogens with zero attached hydrogens (tertiary/aromatic N) is 3. The average Bonchev–Trinajstić information content (AvgIpc) is 3.04. The SMILES string of the molecule is CC(C)c1noc2ncc(C(=O)N3CCc4cc(F)ccc4C3)cc12. The lowest BCUT2D eigenvalue weighted by atomic mass is 9.99. The Morgan fingerprint density at radius 3 is 2.92 bits per heavy atom. The van der Waals surface area contributed by atoms with E-state index in [9.17, 15) is 9.18 Å². The number of carbonyl (C=O) groups is 1. The Morgan fingerprint density at radius 2 is 2.12 bits per heavy atom. The van der Waals surface area contributed by atoms with Crippen LogP contribution >= 0.6 is 0 Å². The molecule has 0 unspecified atom stereocenters. The number of halogens is 1. The highest BCUT2D eigenvalue weighted by atomic mass is 19.1. The van der Waals surface area contributed by atoms with Gasteiger partial charge in [0.2, 0.25) is 0 Å². The highest BCUT2D eigenvalue weighted by Crippen LogP contribution is 2.26. The normalized spacial score (nSPS) is 14.2. The van der Waals surface area contributed by atoms with Crippen molar-refractivity contribution in [1.29, 1.82) is 0 Å². The molecular formula is C19H18FN3O2. The molecule has 3 heterocycles. The van der Waals surface area contributed by atoms with Crippen LogP contribution in [0.4, 0.5) is 4.39 Å². The summed E-state index contributed by atoms with van der Waals surface area (Å²) in [6, 6.07) is 6.54. The summed E-state index contributed by atoms with van der Waals surface area (Å²) < 4.78 is 18.6. The van der Waals surface area contributed by atoms with Crippen molar-refractivity contribution in [3.05, 3.63) is 58.7 Å². The zero-order chi connectivity index (χ0) is 17.6. The van der Waals surface area contributed by atoms with Gasteiger partial charge in [-0.25, -0.2) is 9.37 Å². The van der Waals surface area contributed by atoms with Crippen molar-refractivity contribution < 1.29 is 13.7 Å². The molecule has 1 aromatic carbocycles. The molecule has 6 heteroatoms. The molecule has 3 aromatic rings. The number of hydrogen-bond acceptors (Lipinski definition) is 4. The van der Waals surface area contributed by atoms with E-state index in [-0.39, 0.29) is 17.6 Å². The Bertz CT molecular complexity index is 964. The van der Waals surface area contributed by atoms with E-state index in [4.69, 9.17) is 4.52 Å². The molecule has 0 radical (unpaired) electrons. The monoisotopic (exact) mass is 339 g/mol. The van der Waals surface area contributed by atoms with Crippen LogP contribution in [0.2, 0.25) is 0 Å². The Morgan fingerprint density at radius 1 is 1.28 bits per heavy atom. The standard InChI is InChI=1S/C19H18FN3O2/c1-11(2)17-16-8-14(9-21-18(16)25-22-17)19(24)23-6-5-12-7-15(20)4-3-13(12)10-23/h3-4,7-9,11H,5-6,10H2,1-2H3. The lowest BCUT2D eigenvalue weighted by molar-refractivity contribution is 0.0734. The van der Waals surface area contributed by atoms with Gasteiger partial charge in [-0.2, -0.15) is 0 Å². The van der Waals surface area contributed by atoms with Crippen LogP contribution in [0.15, 0.2) is 35.0 Å². The van der Waals surface area contributed by atoms with Crippen LogP contribution in [-0.4, -0.2) is 27.5 Å². The summed E-state index contributed by atoms with van der Waals surface area (Å²) in [6.45, 7) is 5.08. The smallest absolute Gasteiger partial charge is 0.257 e. The molecule has 0 fully saturated rings. The van der Waals surface area contributed by atoms with Gasteiger partial charge in [0.1, 0.15) is 5.82 Å². The maximum atomic E-state index is 13.3. The second-order valence-corrected chi connectivity index (χ2v) is 6.69. The molecule has 0 saturated carbocycles. The molecule has 1 aliphatic rings. The number of benzene rings is 1. The maximum absolute atomic E-state index is 13.3. The van der Waals surface area contributed by atoms with Crippen LogP contribution in [0, 0.1) is 5.82 Å². The zero-order valence-electron chi connectivity index (χ0n) is 14.1. The topological polar surface area (TPSA) is 59.2 Å². The van der Waals surface area contributed by atoms with Gasteiger partial charge < -0.3 is 9.42 Å². The molecular weight excluding hydrogens is 321 g/mol. The molecule has 5 nitrogen and oxygen atoms in total. The van der Waals surface area contributed by atoms with Crippen LogP contribution < -0.4 is 0 Å². The third kappa shape index (κ3) is 2.77. The third-order valence-electron chi connectivity index (χ3n) is 4.62. The van der Waals surface area contributed by atoms with Crippen molar-refractivity contribution >= 4 is 17.0 Å². The predicted octanol–water partition coefficient (Wildman–Crippen LogP) is 3.68. The van der Waals surface area contributed by atoms with Crippen molar-refractivity contribution in [2.45, 2.75) is 32.7 Å². The predicted molar refractivity (Wildman–Crippen MR) is 90.7 cm³/mol. The highest BCUT2D eigenvalue weighted by Gasteiger charge is 2.23. The summed E-state index contributed by atoms with van der Waals surface area (Å²) >= 11 is 0. The molecule has 4 rings (SSSR count). The first kappa shape index (κ1) is 15.7. The number of aromatic nitrogens is 2. The second-order valence-electron chi connectivity index (χ2n) is 6.69. The van der Waals surface area contributed by atoms with E-state index in [1.165, 1.54) is 12.3 Å². The first-order chi connectivity index (χ1) is 12.0. The average molecular weight is 339 g/mol. The van der Waals surface area contributed by atoms with Crippen molar-refractivity contribution in [1.82, 2.24) is 15.0 Å². The van der Waals surface area contributed by atoms with Gasteiger partial charge in [-0.1, -0.05) is 25.1 Å². The fourth-order valence-corrected chi connectivity index (χ4v) is 3.26. The van der Waals surface area contributed by atoms with Crippen LogP contribution in [-0.2, 0) is 13.0 Å². The Hall–Kier alpha value is -2.76. The van der Waals surface area contributed by atoms with Gasteiger partial charge in [0.15, 0.2) is 0 Å². The van der Waals surface area contributed by atoms with Crippen LogP contribution in [0.1, 0.15) is 46.9 Å². The fourth-order valence-electron chi connectivity index (χ4n) is 3.26. The molecule has 0 atom stereocenters. The van der Waals surface area contributed by atoms with E-state index >= 15 is 0 Å². The number of carbonyl (C=O) groups excluding carboxylic acids is 1. The molecule has 0 saturated heterocycles. The van der Waals surface area contributed by atoms with Crippen LogP contribution in [0.25, 0.3) is 11.1 Å². The lowest BCUT2D eigenvalue weighted by Gasteiger charge is -2.29. The lowest BCUT2D eigenvalue weighted by Crippen LogP contribution is -2.36. The molecule has 2 aromatic heterocycles. The summed E-state index contributed by atoms with van der Waals surface area (Å²) in [7, 11) is 0. The van der Waals surface area contributed by atoms with E-state index in [1.54, 1.807) is 23.1 Å². The summed E-state index contributed by atoms with van der Waals surface area (Å²) in [5, 5.41) is 4.83. The Balaban J connectivity index is 1.64. The van der Waals surface area contributed by atoms with Crippen molar-refractivity contribution in [3.63, 3.8) is 0 Å². The molecule has 128 valence electrons. The summed E-state index contributed by atoms with van der Waals surface area (Å²) in [5.41, 5.74) is 3.72. The zero-order valence-corrected chi connectivity index (χ0v) is 14.1. The quantitative estimate of drug-likeness (QED) is 0.714. The van der Waals surface area contributed by atoms with Gasteiger partial charge in [-0.3, -0.25) is 4.79 Å². The minimum Gasteiger partial charge on any atom is -0.336 e. The Kier molecular flexibility index (Phi) is 3.75. The van der Waals surface area contributed by atoms with Gasteiger partial charge in [0, 0.05) is 19.3 Å². The second kappa shape index (κ2) is 5.95. The fraction of sp³-hybridized carbons (Fsp3) is 0.316. The number of amides is 1. The first-order valence-electron chi connectivity index (χ1n) is 8.35. The molecule has 0 aliphatic carbocycles. The maximum Gasteiger partial charge on any atom is 0.257 e. The largest absolute Gasteiger partial charge is 0.336 e. The molecule has 0 spiro atoms. The highest BCUT2D eigenvalue weighted by molar-refractivity contribution is 5.97. The van der Waals surface area contributed by atoms with Gasteiger partial charge in [-0.15, -0.1) is 0 Å². The third-order valence-corrected chi connectivity index (χ3v) is 4.62. The van der Waals surface area contributed by atoms with Gasteiger partial charge in [0.05, 0.1) is 16.6 Å². The number of pyridine rings is 1. The summed E-state index contributed by atoms with van der Waals surface area (Å²) in [4.78, 5) is 18.9. The molecule has 1 amide bonds. The first-order valence-corrected chi connectivity index (χ1v) is 8.35. The van der Waals surface area contributed by atoms with Crippen molar-refractivity contribution in [2.24, 2.45) is 0 Å². The summed E-state index contributed by atoms with van der Waals surface area (Å²) in [6.07, 6.45) is 2.18. The van der Waals surface area contributed by atoms with Gasteiger partial charge in [-0.05, 0) is 41.7 Å². The number of fused-ring (bicyclic) bond motifs is 2. The number of rotatable bonds is 2. The van der Waals surface area contributed by atoms with E-state index in [1.807, 2.05) is 13.8 Å². The molecule has 0 bridgehead atoms.